The molecule has 0 aliphatic carbocycles. The SMILES string of the molecule is C#CCOc1ccc(Br)cc1CNC(C)c1ccc(C)s1. The van der Waals surface area contributed by atoms with E-state index >= 15 is 0 Å². The Morgan fingerprint density at radius 2 is 2.19 bits per heavy atom. The summed E-state index contributed by atoms with van der Waals surface area (Å²) >= 11 is 5.32. The molecule has 110 valence electrons. The van der Waals surface area contributed by atoms with Crippen LogP contribution in [0.3, 0.4) is 0 Å². The zero-order valence-corrected chi connectivity index (χ0v) is 14.6. The zero-order valence-electron chi connectivity index (χ0n) is 12.2. The summed E-state index contributed by atoms with van der Waals surface area (Å²) < 4.78 is 6.62. The van der Waals surface area contributed by atoms with E-state index in [9.17, 15) is 0 Å². The van der Waals surface area contributed by atoms with E-state index in [4.69, 9.17) is 11.2 Å². The maximum absolute atomic E-state index is 5.59. The Bertz CT molecular complexity index is 644. The van der Waals surface area contributed by atoms with Gasteiger partial charge in [0, 0.05) is 32.4 Å². The van der Waals surface area contributed by atoms with Crippen molar-refractivity contribution < 1.29 is 4.74 Å². The van der Waals surface area contributed by atoms with Crippen molar-refractivity contribution in [3.05, 3.63) is 50.1 Å². The molecule has 0 spiro atoms. The van der Waals surface area contributed by atoms with Crippen molar-refractivity contribution >= 4 is 27.3 Å². The van der Waals surface area contributed by atoms with Crippen molar-refractivity contribution in [3.8, 4) is 18.1 Å². The highest BCUT2D eigenvalue weighted by Crippen LogP contribution is 2.26. The Labute approximate surface area is 138 Å². The van der Waals surface area contributed by atoms with Gasteiger partial charge in [0.05, 0.1) is 0 Å². The third kappa shape index (κ3) is 4.60. The summed E-state index contributed by atoms with van der Waals surface area (Å²) in [4.78, 5) is 2.67. The van der Waals surface area contributed by atoms with Crippen LogP contribution in [0.1, 0.15) is 28.3 Å². The van der Waals surface area contributed by atoms with E-state index in [1.165, 1.54) is 9.75 Å². The van der Waals surface area contributed by atoms with Gasteiger partial charge in [-0.1, -0.05) is 21.9 Å². The fourth-order valence-electron chi connectivity index (χ4n) is 2.00. The van der Waals surface area contributed by atoms with Gasteiger partial charge >= 0.3 is 0 Å². The molecule has 0 bridgehead atoms. The van der Waals surface area contributed by atoms with E-state index < -0.39 is 0 Å². The highest BCUT2D eigenvalue weighted by atomic mass is 79.9. The molecule has 1 aromatic carbocycles. The molecular formula is C17H18BrNOS. The van der Waals surface area contributed by atoms with E-state index in [2.05, 4.69) is 59.2 Å². The molecule has 2 nitrogen and oxygen atoms in total. The summed E-state index contributed by atoms with van der Waals surface area (Å²) in [6.07, 6.45) is 5.26. The zero-order chi connectivity index (χ0) is 15.2. The lowest BCUT2D eigenvalue weighted by Crippen LogP contribution is -2.17. The largest absolute Gasteiger partial charge is 0.481 e. The maximum atomic E-state index is 5.59. The van der Waals surface area contributed by atoms with Crippen LogP contribution in [-0.4, -0.2) is 6.61 Å². The molecule has 1 N–H and O–H groups in total. The van der Waals surface area contributed by atoms with Gasteiger partial charge in [-0.2, -0.15) is 0 Å². The van der Waals surface area contributed by atoms with Crippen LogP contribution in [0.2, 0.25) is 0 Å². The van der Waals surface area contributed by atoms with Gasteiger partial charge in [0.2, 0.25) is 0 Å². The van der Waals surface area contributed by atoms with E-state index in [1.807, 2.05) is 23.5 Å². The first-order valence-electron chi connectivity index (χ1n) is 6.74. The number of hydrogen-bond acceptors (Lipinski definition) is 3. The number of terminal acetylenes is 1. The van der Waals surface area contributed by atoms with Crippen LogP contribution in [0, 0.1) is 19.3 Å². The smallest absolute Gasteiger partial charge is 0.148 e. The molecule has 1 aromatic heterocycles. The van der Waals surface area contributed by atoms with Gasteiger partial charge in [-0.05, 0) is 44.2 Å². The highest BCUT2D eigenvalue weighted by Gasteiger charge is 2.10. The molecule has 0 saturated heterocycles. The molecule has 0 radical (unpaired) electrons. The van der Waals surface area contributed by atoms with E-state index in [0.29, 0.717) is 6.04 Å². The molecule has 0 saturated carbocycles. The van der Waals surface area contributed by atoms with Crippen molar-refractivity contribution in [2.24, 2.45) is 0 Å². The Kier molecular flexibility index (Phi) is 5.86. The number of thiophene rings is 1. The van der Waals surface area contributed by atoms with Crippen molar-refractivity contribution in [2.75, 3.05) is 6.61 Å². The van der Waals surface area contributed by atoms with Crippen LogP contribution < -0.4 is 10.1 Å². The predicted octanol–water partition coefficient (Wildman–Crippen LogP) is 4.68. The summed E-state index contributed by atoms with van der Waals surface area (Å²) in [6.45, 7) is 5.32. The van der Waals surface area contributed by atoms with Crippen LogP contribution in [0.4, 0.5) is 0 Å². The summed E-state index contributed by atoms with van der Waals surface area (Å²) in [7, 11) is 0. The lowest BCUT2D eigenvalue weighted by molar-refractivity contribution is 0.364. The lowest BCUT2D eigenvalue weighted by atomic mass is 10.2. The topological polar surface area (TPSA) is 21.3 Å². The summed E-state index contributed by atoms with van der Waals surface area (Å²) in [5, 5.41) is 3.53. The summed E-state index contributed by atoms with van der Waals surface area (Å²) in [5.74, 6) is 3.33. The Morgan fingerprint density at radius 3 is 2.86 bits per heavy atom. The second-order valence-corrected chi connectivity index (χ2v) is 7.03. The molecule has 0 amide bonds. The minimum Gasteiger partial charge on any atom is -0.481 e. The van der Waals surface area contributed by atoms with Crippen LogP contribution in [0.5, 0.6) is 5.75 Å². The molecule has 0 aliphatic heterocycles. The monoisotopic (exact) mass is 363 g/mol. The first-order chi connectivity index (χ1) is 10.1. The van der Waals surface area contributed by atoms with Crippen LogP contribution in [0.25, 0.3) is 0 Å². The van der Waals surface area contributed by atoms with Gasteiger partial charge in [-0.15, -0.1) is 17.8 Å². The number of nitrogens with one attached hydrogen (secondary N) is 1. The molecule has 21 heavy (non-hydrogen) atoms. The van der Waals surface area contributed by atoms with Crippen LogP contribution in [-0.2, 0) is 6.54 Å². The predicted molar refractivity (Wildman–Crippen MR) is 92.8 cm³/mol. The van der Waals surface area contributed by atoms with Crippen molar-refractivity contribution in [3.63, 3.8) is 0 Å². The normalized spacial score (nSPS) is 11.9. The van der Waals surface area contributed by atoms with Crippen molar-refractivity contribution in [1.29, 1.82) is 0 Å². The Hall–Kier alpha value is -1.28. The first kappa shape index (κ1) is 16.1. The van der Waals surface area contributed by atoms with Crippen LogP contribution in [0.15, 0.2) is 34.8 Å². The highest BCUT2D eigenvalue weighted by molar-refractivity contribution is 9.10. The summed E-state index contributed by atoms with van der Waals surface area (Å²) in [6, 6.07) is 10.6. The molecule has 1 unspecified atom stereocenters. The van der Waals surface area contributed by atoms with Crippen molar-refractivity contribution in [1.82, 2.24) is 5.32 Å². The average molecular weight is 364 g/mol. The quantitative estimate of drug-likeness (QED) is 0.752. The molecule has 0 fully saturated rings. The number of halogens is 1. The maximum Gasteiger partial charge on any atom is 0.148 e. The fourth-order valence-corrected chi connectivity index (χ4v) is 3.31. The van der Waals surface area contributed by atoms with Gasteiger partial charge in [-0.3, -0.25) is 0 Å². The van der Waals surface area contributed by atoms with Gasteiger partial charge in [0.1, 0.15) is 12.4 Å². The molecule has 1 heterocycles. The Morgan fingerprint density at radius 1 is 1.38 bits per heavy atom. The summed E-state index contributed by atoms with van der Waals surface area (Å²) in [5.41, 5.74) is 1.10. The average Bonchev–Trinajstić information content (AvgIpc) is 2.90. The second-order valence-electron chi connectivity index (χ2n) is 4.80. The fraction of sp³-hybridized carbons (Fsp3) is 0.294. The Balaban J connectivity index is 2.04. The van der Waals surface area contributed by atoms with Crippen molar-refractivity contribution in [2.45, 2.75) is 26.4 Å². The second kappa shape index (κ2) is 7.65. The third-order valence-corrected chi connectivity index (χ3v) is 4.80. The number of hydrogen-bond donors (Lipinski definition) is 1. The van der Waals surface area contributed by atoms with Gasteiger partial charge in [-0.25, -0.2) is 0 Å². The molecule has 0 aliphatic rings. The lowest BCUT2D eigenvalue weighted by Gasteiger charge is -2.15. The number of benzene rings is 1. The van der Waals surface area contributed by atoms with E-state index in [0.717, 1.165) is 22.3 Å². The number of aryl methyl sites for hydroxylation is 1. The van der Waals surface area contributed by atoms with Gasteiger partial charge in [0.15, 0.2) is 0 Å². The standard InChI is InChI=1S/C17H18BrNOS/c1-4-9-20-16-7-6-15(18)10-14(16)11-19-13(3)17-8-5-12(2)21-17/h1,5-8,10,13,19H,9,11H2,2-3H3. The van der Waals surface area contributed by atoms with E-state index in [-0.39, 0.29) is 6.61 Å². The van der Waals surface area contributed by atoms with E-state index in [1.54, 1.807) is 0 Å². The van der Waals surface area contributed by atoms with Crippen LogP contribution >= 0.6 is 27.3 Å². The number of ether oxygens (including phenoxy) is 1. The molecule has 4 heteroatoms. The molecule has 2 aromatic rings. The molecule has 1 atom stereocenters. The molecule has 2 rings (SSSR count). The van der Waals surface area contributed by atoms with Gasteiger partial charge < -0.3 is 10.1 Å². The molecular weight excluding hydrogens is 346 g/mol. The third-order valence-electron chi connectivity index (χ3n) is 3.12. The van der Waals surface area contributed by atoms with Gasteiger partial charge in [0.25, 0.3) is 0 Å². The minimum absolute atomic E-state index is 0.286. The number of rotatable bonds is 6. The minimum atomic E-state index is 0.286. The first-order valence-corrected chi connectivity index (χ1v) is 8.35.